The lowest BCUT2D eigenvalue weighted by molar-refractivity contribution is -0.137. The summed E-state index contributed by atoms with van der Waals surface area (Å²) >= 11 is 0. The van der Waals surface area contributed by atoms with Gasteiger partial charge in [-0.3, -0.25) is 4.79 Å². The highest BCUT2D eigenvalue weighted by molar-refractivity contribution is 5.95. The van der Waals surface area contributed by atoms with Crippen LogP contribution in [0.1, 0.15) is 11.1 Å². The van der Waals surface area contributed by atoms with Gasteiger partial charge in [0.25, 0.3) is 5.91 Å². The van der Waals surface area contributed by atoms with Crippen molar-refractivity contribution in [1.29, 1.82) is 0 Å². The van der Waals surface area contributed by atoms with E-state index in [1.807, 2.05) is 46.3 Å². The minimum Gasteiger partial charge on any atom is -0.484 e. The number of halogens is 3. The maximum absolute atomic E-state index is 12.6. The minimum atomic E-state index is -4.42. The number of hydrogen-bond acceptors (Lipinski definition) is 5. The van der Waals surface area contributed by atoms with Crippen LogP contribution in [0.2, 0.25) is 0 Å². The number of pyridine rings is 1. The van der Waals surface area contributed by atoms with E-state index in [1.54, 1.807) is 6.07 Å². The summed E-state index contributed by atoms with van der Waals surface area (Å²) < 4.78 is 43.2. The highest BCUT2D eigenvalue weighted by Gasteiger charge is 2.30. The first kappa shape index (κ1) is 24.3. The second kappa shape index (κ2) is 10.1. The van der Waals surface area contributed by atoms with Crippen molar-refractivity contribution in [3.05, 3.63) is 59.7 Å². The molecule has 0 aliphatic rings. The molecule has 0 atom stereocenters. The third-order valence-corrected chi connectivity index (χ3v) is 5.11. The van der Waals surface area contributed by atoms with E-state index in [2.05, 4.69) is 15.1 Å². The lowest BCUT2D eigenvalue weighted by Crippen LogP contribution is -2.29. The number of nitrogens with one attached hydrogen (secondary N) is 1. The van der Waals surface area contributed by atoms with Gasteiger partial charge < -0.3 is 19.9 Å². The maximum atomic E-state index is 12.6. The molecule has 176 valence electrons. The second-order valence-electron chi connectivity index (χ2n) is 8.11. The molecule has 0 radical (unpaired) electrons. The Balaban J connectivity index is 1.63. The first-order valence-corrected chi connectivity index (χ1v) is 10.4. The first-order chi connectivity index (χ1) is 15.5. The molecule has 0 unspecified atom stereocenters. The Kier molecular flexibility index (Phi) is 7.43. The van der Waals surface area contributed by atoms with Gasteiger partial charge in [0.2, 0.25) is 0 Å². The van der Waals surface area contributed by atoms with Gasteiger partial charge in [0, 0.05) is 31.2 Å². The fourth-order valence-corrected chi connectivity index (χ4v) is 3.20. The van der Waals surface area contributed by atoms with Crippen molar-refractivity contribution in [3.8, 4) is 5.75 Å². The third kappa shape index (κ3) is 6.58. The molecular weight excluding hydrogens is 433 g/mol. The summed E-state index contributed by atoms with van der Waals surface area (Å²) in [5.74, 6) is 0.645. The molecule has 0 bridgehead atoms. The van der Waals surface area contributed by atoms with E-state index in [4.69, 9.17) is 9.72 Å². The summed E-state index contributed by atoms with van der Waals surface area (Å²) in [6.45, 7) is 3.43. The van der Waals surface area contributed by atoms with Crippen LogP contribution in [-0.2, 0) is 11.0 Å². The highest BCUT2D eigenvalue weighted by atomic mass is 19.4. The predicted molar refractivity (Wildman–Crippen MR) is 124 cm³/mol. The fourth-order valence-electron chi connectivity index (χ4n) is 3.20. The largest absolute Gasteiger partial charge is 0.484 e. The number of alkyl halides is 3. The van der Waals surface area contributed by atoms with E-state index in [0.29, 0.717) is 5.69 Å². The zero-order chi connectivity index (χ0) is 24.2. The smallest absolute Gasteiger partial charge is 0.416 e. The predicted octanol–water partition coefficient (Wildman–Crippen LogP) is 4.58. The Morgan fingerprint density at radius 1 is 1.03 bits per heavy atom. The van der Waals surface area contributed by atoms with Gasteiger partial charge in [0.1, 0.15) is 11.6 Å². The monoisotopic (exact) mass is 460 g/mol. The van der Waals surface area contributed by atoms with E-state index in [1.165, 1.54) is 12.1 Å². The van der Waals surface area contributed by atoms with Gasteiger partial charge in [0.05, 0.1) is 11.1 Å². The maximum Gasteiger partial charge on any atom is 0.416 e. The summed E-state index contributed by atoms with van der Waals surface area (Å²) in [6.07, 6.45) is -4.42. The van der Waals surface area contributed by atoms with Gasteiger partial charge in [-0.15, -0.1) is 0 Å². The zero-order valence-corrected chi connectivity index (χ0v) is 19.0. The fraction of sp³-hybridized carbons (Fsp3) is 0.333. The average molecular weight is 461 g/mol. The molecule has 1 amide bonds. The number of ether oxygens (including phenoxy) is 1. The molecule has 0 saturated carbocycles. The normalized spacial score (nSPS) is 11.6. The van der Waals surface area contributed by atoms with Crippen LogP contribution < -0.4 is 15.0 Å². The molecule has 3 rings (SSSR count). The Hall–Kier alpha value is -3.33. The molecule has 0 saturated heterocycles. The van der Waals surface area contributed by atoms with Crippen LogP contribution >= 0.6 is 0 Å². The third-order valence-electron chi connectivity index (χ3n) is 5.11. The van der Waals surface area contributed by atoms with Gasteiger partial charge in [-0.05, 0) is 75.1 Å². The minimum absolute atomic E-state index is 0.183. The number of carbonyl (C=O) groups excluding carboxylic acids is 1. The number of aromatic nitrogens is 1. The quantitative estimate of drug-likeness (QED) is 0.534. The lowest BCUT2D eigenvalue weighted by atomic mass is 10.1. The highest BCUT2D eigenvalue weighted by Crippen LogP contribution is 2.30. The molecule has 0 spiro atoms. The van der Waals surface area contributed by atoms with E-state index >= 15 is 0 Å². The number of nitrogens with zero attached hydrogens (tertiary/aromatic N) is 3. The molecular formula is C24H27F3N4O2. The van der Waals surface area contributed by atoms with Crippen LogP contribution in [0.3, 0.4) is 0 Å². The number of anilines is 2. The van der Waals surface area contributed by atoms with Crippen LogP contribution in [-0.4, -0.2) is 56.6 Å². The SMILES string of the molecule is Cc1cc(N(C)CCN(C)C)nc2ccc(NC(=O)COc3ccc(C(F)(F)F)cc3)cc12. The Morgan fingerprint density at radius 3 is 2.36 bits per heavy atom. The number of benzene rings is 2. The van der Waals surface area contributed by atoms with Crippen molar-refractivity contribution < 1.29 is 22.7 Å². The van der Waals surface area contributed by atoms with Gasteiger partial charge in [-0.1, -0.05) is 0 Å². The van der Waals surface area contributed by atoms with Gasteiger partial charge in [0.15, 0.2) is 6.61 Å². The zero-order valence-electron chi connectivity index (χ0n) is 19.0. The van der Waals surface area contributed by atoms with Gasteiger partial charge >= 0.3 is 6.18 Å². The molecule has 1 aromatic heterocycles. The van der Waals surface area contributed by atoms with E-state index < -0.39 is 17.6 Å². The van der Waals surface area contributed by atoms with Gasteiger partial charge in [-0.25, -0.2) is 4.98 Å². The van der Waals surface area contributed by atoms with Crippen molar-refractivity contribution in [2.75, 3.05) is 51.1 Å². The summed E-state index contributed by atoms with van der Waals surface area (Å²) in [4.78, 5) is 21.2. The average Bonchev–Trinajstić information content (AvgIpc) is 2.76. The summed E-state index contributed by atoms with van der Waals surface area (Å²) in [5.41, 5.74) is 1.66. The number of amides is 1. The molecule has 0 fully saturated rings. The summed E-state index contributed by atoms with van der Waals surface area (Å²) in [5, 5.41) is 3.67. The van der Waals surface area contributed by atoms with E-state index in [9.17, 15) is 18.0 Å². The molecule has 3 aromatic rings. The van der Waals surface area contributed by atoms with Crippen LogP contribution in [0.4, 0.5) is 24.7 Å². The second-order valence-corrected chi connectivity index (χ2v) is 8.11. The van der Waals surface area contributed by atoms with Crippen LogP contribution in [0.5, 0.6) is 5.75 Å². The number of rotatable bonds is 8. The molecule has 2 aromatic carbocycles. The number of likely N-dealkylation sites (N-methyl/N-ethyl adjacent to an activating group) is 2. The van der Waals surface area contributed by atoms with Gasteiger partial charge in [-0.2, -0.15) is 13.2 Å². The van der Waals surface area contributed by atoms with Crippen LogP contribution in [0, 0.1) is 6.92 Å². The number of fused-ring (bicyclic) bond motifs is 1. The molecule has 1 N–H and O–H groups in total. The Morgan fingerprint density at radius 2 is 1.73 bits per heavy atom. The van der Waals surface area contributed by atoms with E-state index in [-0.39, 0.29) is 12.4 Å². The first-order valence-electron chi connectivity index (χ1n) is 10.4. The molecule has 1 heterocycles. The van der Waals surface area contributed by atoms with Crippen LogP contribution in [0.25, 0.3) is 10.9 Å². The molecule has 6 nitrogen and oxygen atoms in total. The Labute approximate surface area is 191 Å². The summed E-state index contributed by atoms with van der Waals surface area (Å²) in [6, 6.07) is 11.7. The van der Waals surface area contributed by atoms with Crippen molar-refractivity contribution in [2.45, 2.75) is 13.1 Å². The van der Waals surface area contributed by atoms with Crippen LogP contribution in [0.15, 0.2) is 48.5 Å². The molecule has 0 aliphatic carbocycles. The van der Waals surface area contributed by atoms with E-state index in [0.717, 1.165) is 47.5 Å². The van der Waals surface area contributed by atoms with Crippen molar-refractivity contribution in [1.82, 2.24) is 9.88 Å². The molecule has 33 heavy (non-hydrogen) atoms. The number of aryl methyl sites for hydroxylation is 1. The number of hydrogen-bond donors (Lipinski definition) is 1. The topological polar surface area (TPSA) is 57.7 Å². The standard InChI is InChI=1S/C24H27F3N4O2/c1-16-13-22(31(4)12-11-30(2)3)29-21-10-7-18(14-20(16)21)28-23(32)15-33-19-8-5-17(6-9-19)24(25,26)27/h5-10,13-14H,11-12,15H2,1-4H3,(H,28,32). The number of carbonyl (C=O) groups is 1. The summed E-state index contributed by atoms with van der Waals surface area (Å²) in [7, 11) is 6.05. The van der Waals surface area contributed by atoms with Crippen molar-refractivity contribution >= 4 is 28.3 Å². The molecule has 9 heteroatoms. The lowest BCUT2D eigenvalue weighted by Gasteiger charge is -2.21. The molecule has 0 aliphatic heterocycles. The van der Waals surface area contributed by atoms with Crippen molar-refractivity contribution in [2.24, 2.45) is 0 Å². The van der Waals surface area contributed by atoms with Crippen molar-refractivity contribution in [3.63, 3.8) is 0 Å². The Bertz CT molecular complexity index is 1120.